The molecule has 0 aliphatic carbocycles. The summed E-state index contributed by atoms with van der Waals surface area (Å²) in [5.74, 6) is -0.416. The molecule has 0 radical (unpaired) electrons. The molecule has 0 N–H and O–H groups in total. The van der Waals surface area contributed by atoms with Crippen molar-refractivity contribution >= 4 is 5.91 Å². The average Bonchev–Trinajstić information content (AvgIpc) is 2.90. The number of carbonyl (C=O) groups excluding carboxylic acids is 1. The highest BCUT2D eigenvalue weighted by atomic mass is 19.1. The van der Waals surface area contributed by atoms with Crippen molar-refractivity contribution < 1.29 is 13.9 Å². The van der Waals surface area contributed by atoms with Gasteiger partial charge < -0.3 is 4.74 Å². The summed E-state index contributed by atoms with van der Waals surface area (Å²) in [7, 11) is 1.74. The van der Waals surface area contributed by atoms with Crippen molar-refractivity contribution in [3.63, 3.8) is 0 Å². The van der Waals surface area contributed by atoms with E-state index in [0.717, 1.165) is 0 Å². The molecule has 0 aliphatic rings. The highest BCUT2D eigenvalue weighted by Gasteiger charge is 2.15. The van der Waals surface area contributed by atoms with Crippen molar-refractivity contribution in [3.05, 3.63) is 57.6 Å². The second-order valence-corrected chi connectivity index (χ2v) is 4.19. The first kappa shape index (κ1) is 14.5. The molecule has 0 aliphatic heterocycles. The maximum Gasteiger partial charge on any atom is 0.249 e. The maximum absolute atomic E-state index is 13.1. The largest absolute Gasteiger partial charge is 0.472 e. The highest BCUT2D eigenvalue weighted by molar-refractivity contribution is 5.96. The molecule has 2 aromatic rings. The van der Waals surface area contributed by atoms with Gasteiger partial charge in [-0.05, 0) is 16.2 Å². The fourth-order valence-electron chi connectivity index (χ4n) is 1.84. The molecule has 1 amide bonds. The first-order valence-electron chi connectivity index (χ1n) is 6.04. The van der Waals surface area contributed by atoms with E-state index in [4.69, 9.17) is 10.3 Å². The molecule has 108 valence electrons. The van der Waals surface area contributed by atoms with Crippen LogP contribution in [-0.4, -0.2) is 15.7 Å². The molecule has 0 spiro atoms. The van der Waals surface area contributed by atoms with Crippen LogP contribution in [0, 0.1) is 0 Å². The molecule has 1 heterocycles. The van der Waals surface area contributed by atoms with Gasteiger partial charge in [-0.1, -0.05) is 18.2 Å². The van der Waals surface area contributed by atoms with Crippen LogP contribution in [0.1, 0.15) is 21.5 Å². The number of azide groups is 1. The normalized spacial score (nSPS) is 10.0. The van der Waals surface area contributed by atoms with Crippen LogP contribution in [0.25, 0.3) is 10.4 Å². The van der Waals surface area contributed by atoms with Crippen molar-refractivity contribution in [1.82, 2.24) is 9.78 Å². The maximum atomic E-state index is 13.1. The molecule has 1 aromatic carbocycles. The smallest absolute Gasteiger partial charge is 0.249 e. The van der Waals surface area contributed by atoms with Crippen molar-refractivity contribution in [2.45, 2.75) is 13.3 Å². The van der Waals surface area contributed by atoms with E-state index in [1.807, 2.05) is 0 Å². The number of aryl methyl sites for hydroxylation is 1. The van der Waals surface area contributed by atoms with Gasteiger partial charge in [0.15, 0.2) is 0 Å². The lowest BCUT2D eigenvalue weighted by atomic mass is 10.0. The molecule has 2 rings (SSSR count). The van der Waals surface area contributed by atoms with Crippen LogP contribution in [0.2, 0.25) is 0 Å². The Bertz CT molecular complexity index is 706. The number of alkyl halides is 1. The van der Waals surface area contributed by atoms with Crippen molar-refractivity contribution in [3.8, 4) is 5.88 Å². The number of amides is 1. The predicted molar refractivity (Wildman–Crippen MR) is 72.3 cm³/mol. The zero-order chi connectivity index (χ0) is 15.2. The molecule has 0 bridgehead atoms. The van der Waals surface area contributed by atoms with Gasteiger partial charge in [0.05, 0.1) is 0 Å². The fraction of sp³-hybridized carbons (Fsp3) is 0.231. The highest BCUT2D eigenvalue weighted by Crippen LogP contribution is 2.20. The van der Waals surface area contributed by atoms with E-state index < -0.39 is 12.6 Å². The van der Waals surface area contributed by atoms with Crippen LogP contribution < -0.4 is 4.74 Å². The summed E-state index contributed by atoms with van der Waals surface area (Å²) >= 11 is 0. The lowest BCUT2D eigenvalue weighted by Crippen LogP contribution is -2.08. The summed E-state index contributed by atoms with van der Waals surface area (Å²) in [4.78, 5) is 14.2. The molecule has 21 heavy (non-hydrogen) atoms. The van der Waals surface area contributed by atoms with Crippen LogP contribution in [0.5, 0.6) is 5.88 Å². The van der Waals surface area contributed by atoms with Gasteiger partial charge in [0.2, 0.25) is 11.8 Å². The summed E-state index contributed by atoms with van der Waals surface area (Å²) in [5, 5.41) is 7.06. The number of aromatic nitrogens is 2. The number of ether oxygens (including phenoxy) is 1. The van der Waals surface area contributed by atoms with Crippen LogP contribution in [0.4, 0.5) is 4.39 Å². The van der Waals surface area contributed by atoms with E-state index in [9.17, 15) is 9.18 Å². The summed E-state index contributed by atoms with van der Waals surface area (Å²) in [6.45, 7) is -0.794. The number of benzene rings is 1. The predicted octanol–water partition coefficient (Wildman–Crippen LogP) is 2.92. The summed E-state index contributed by atoms with van der Waals surface area (Å²) in [5.41, 5.74) is 9.13. The fourth-order valence-corrected chi connectivity index (χ4v) is 1.84. The van der Waals surface area contributed by atoms with Gasteiger partial charge in [-0.3, -0.25) is 9.48 Å². The van der Waals surface area contributed by atoms with Crippen LogP contribution in [0.3, 0.4) is 0 Å². The standard InChI is InChI=1S/C13H12FN5O2/c1-19-6-5-12(17-19)21-8-11-9(7-14)3-2-4-10(11)13(20)16-18-15/h2-6H,7-8H2,1H3. The first-order chi connectivity index (χ1) is 10.2. The van der Waals surface area contributed by atoms with Crippen molar-refractivity contribution in [2.24, 2.45) is 12.2 Å². The Labute approximate surface area is 119 Å². The van der Waals surface area contributed by atoms with Crippen molar-refractivity contribution in [1.29, 1.82) is 0 Å². The third-order valence-corrected chi connectivity index (χ3v) is 2.84. The number of halogens is 1. The van der Waals surface area contributed by atoms with Gasteiger partial charge in [-0.15, -0.1) is 5.10 Å². The minimum atomic E-state index is -0.771. The number of hydrogen-bond acceptors (Lipinski definition) is 3. The van der Waals surface area contributed by atoms with Crippen LogP contribution in [-0.2, 0) is 20.3 Å². The molecule has 7 nitrogen and oxygen atoms in total. The molecular formula is C13H12FN5O2. The molecule has 0 atom stereocenters. The lowest BCUT2D eigenvalue weighted by Gasteiger charge is -2.11. The number of rotatable bonds is 5. The number of hydrogen-bond donors (Lipinski definition) is 0. The minimum Gasteiger partial charge on any atom is -0.472 e. The van der Waals surface area contributed by atoms with Gasteiger partial charge >= 0.3 is 0 Å². The molecular weight excluding hydrogens is 277 g/mol. The third kappa shape index (κ3) is 3.37. The Kier molecular flexibility index (Phi) is 4.53. The van der Waals surface area contributed by atoms with Crippen molar-refractivity contribution in [2.75, 3.05) is 0 Å². The topological polar surface area (TPSA) is 92.9 Å². The summed E-state index contributed by atoms with van der Waals surface area (Å²) in [6.07, 6.45) is 1.70. The Hall–Kier alpha value is -2.86. The second kappa shape index (κ2) is 6.53. The van der Waals surface area contributed by atoms with E-state index in [1.165, 1.54) is 12.1 Å². The van der Waals surface area contributed by atoms with Gasteiger partial charge in [0.25, 0.3) is 0 Å². The SMILES string of the molecule is Cn1ccc(OCc2c(CF)cccc2C(=O)N=[N+]=[N-])n1. The zero-order valence-corrected chi connectivity index (χ0v) is 11.2. The number of nitrogens with zero attached hydrogens (tertiary/aromatic N) is 5. The van der Waals surface area contributed by atoms with Crippen LogP contribution >= 0.6 is 0 Å². The van der Waals surface area contributed by atoms with E-state index in [1.54, 1.807) is 30.1 Å². The molecule has 1 aromatic heterocycles. The van der Waals surface area contributed by atoms with Gasteiger partial charge in [-0.2, -0.15) is 0 Å². The summed E-state index contributed by atoms with van der Waals surface area (Å²) in [6, 6.07) is 6.18. The minimum absolute atomic E-state index is 0.0425. The van der Waals surface area contributed by atoms with E-state index >= 15 is 0 Å². The third-order valence-electron chi connectivity index (χ3n) is 2.84. The van der Waals surface area contributed by atoms with E-state index in [-0.39, 0.29) is 12.2 Å². The van der Waals surface area contributed by atoms with Gasteiger partial charge in [0, 0.05) is 35.3 Å². The Morgan fingerprint density at radius 1 is 1.52 bits per heavy atom. The van der Waals surface area contributed by atoms with E-state index in [2.05, 4.69) is 15.1 Å². The zero-order valence-electron chi connectivity index (χ0n) is 11.2. The second-order valence-electron chi connectivity index (χ2n) is 4.19. The average molecular weight is 289 g/mol. The molecule has 0 fully saturated rings. The first-order valence-corrected chi connectivity index (χ1v) is 6.04. The molecule has 0 saturated carbocycles. The van der Waals surface area contributed by atoms with Gasteiger partial charge in [0.1, 0.15) is 13.3 Å². The Morgan fingerprint density at radius 2 is 2.33 bits per heavy atom. The molecule has 0 saturated heterocycles. The number of carbonyl (C=O) groups is 1. The van der Waals surface area contributed by atoms with E-state index in [0.29, 0.717) is 17.0 Å². The van der Waals surface area contributed by atoms with Gasteiger partial charge in [-0.25, -0.2) is 4.39 Å². The monoisotopic (exact) mass is 289 g/mol. The van der Waals surface area contributed by atoms with Crippen LogP contribution in [0.15, 0.2) is 35.6 Å². The molecule has 8 heteroatoms. The molecule has 0 unspecified atom stereocenters. The Morgan fingerprint density at radius 3 is 2.95 bits per heavy atom. The Balaban J connectivity index is 2.30. The quantitative estimate of drug-likeness (QED) is 0.481. The summed E-state index contributed by atoms with van der Waals surface area (Å²) < 4.78 is 20.1. The lowest BCUT2D eigenvalue weighted by molar-refractivity contribution is 0.0997.